The predicted molar refractivity (Wildman–Crippen MR) is 73.6 cm³/mol. The molecule has 0 radical (unpaired) electrons. The zero-order valence-electron chi connectivity index (χ0n) is 10.1. The van der Waals surface area contributed by atoms with E-state index in [0.717, 1.165) is 4.47 Å². The summed E-state index contributed by atoms with van der Waals surface area (Å²) in [5.74, 6) is 1.02. The van der Waals surface area contributed by atoms with Crippen molar-refractivity contribution < 1.29 is 14.3 Å². The van der Waals surface area contributed by atoms with Gasteiger partial charge in [0.05, 0.1) is 5.69 Å². The zero-order chi connectivity index (χ0) is 13.4. The summed E-state index contributed by atoms with van der Waals surface area (Å²) in [6.45, 7) is 0.178. The highest BCUT2D eigenvalue weighted by atomic mass is 79.9. The second-order valence-electron chi connectivity index (χ2n) is 4.15. The Morgan fingerprint density at radius 1 is 1.42 bits per heavy atom. The molecule has 19 heavy (non-hydrogen) atoms. The van der Waals surface area contributed by atoms with Gasteiger partial charge in [0.1, 0.15) is 5.69 Å². The Morgan fingerprint density at radius 3 is 3.00 bits per heavy atom. The van der Waals surface area contributed by atoms with E-state index in [9.17, 15) is 4.79 Å². The molecule has 1 amide bonds. The molecule has 0 saturated heterocycles. The Morgan fingerprint density at radius 2 is 2.26 bits per heavy atom. The largest absolute Gasteiger partial charge is 0.454 e. The fraction of sp³-hybridized carbons (Fsp3) is 0.154. The maximum absolute atomic E-state index is 12.2. The molecule has 6 heteroatoms. The van der Waals surface area contributed by atoms with E-state index in [1.807, 2.05) is 19.3 Å². The van der Waals surface area contributed by atoms with E-state index in [1.165, 1.54) is 0 Å². The first-order chi connectivity index (χ1) is 9.15. The Bertz CT molecular complexity index is 651. The van der Waals surface area contributed by atoms with Crippen LogP contribution in [0.1, 0.15) is 10.5 Å². The number of amides is 1. The van der Waals surface area contributed by atoms with E-state index < -0.39 is 0 Å². The Hall–Kier alpha value is -1.95. The zero-order valence-corrected chi connectivity index (χ0v) is 11.7. The number of aromatic nitrogens is 1. The third kappa shape index (κ3) is 2.19. The van der Waals surface area contributed by atoms with E-state index in [1.54, 1.807) is 22.8 Å². The van der Waals surface area contributed by atoms with Gasteiger partial charge in [-0.3, -0.25) is 4.79 Å². The SMILES string of the molecule is Cn1cc(Br)cc1C(=O)Nc1cccc2c1OCO2. The Kier molecular flexibility index (Phi) is 2.94. The molecule has 0 spiro atoms. The summed E-state index contributed by atoms with van der Waals surface area (Å²) in [4.78, 5) is 12.2. The quantitative estimate of drug-likeness (QED) is 0.925. The fourth-order valence-electron chi connectivity index (χ4n) is 1.96. The van der Waals surface area contributed by atoms with Gasteiger partial charge in [-0.2, -0.15) is 0 Å². The predicted octanol–water partition coefficient (Wildman–Crippen LogP) is 2.77. The van der Waals surface area contributed by atoms with Crippen LogP contribution in [0.15, 0.2) is 34.9 Å². The van der Waals surface area contributed by atoms with Gasteiger partial charge in [0, 0.05) is 17.7 Å². The smallest absolute Gasteiger partial charge is 0.272 e. The van der Waals surface area contributed by atoms with Crippen LogP contribution in [-0.2, 0) is 7.05 Å². The minimum absolute atomic E-state index is 0.178. The van der Waals surface area contributed by atoms with Crippen molar-refractivity contribution in [2.75, 3.05) is 12.1 Å². The summed E-state index contributed by atoms with van der Waals surface area (Å²) in [6.07, 6.45) is 1.82. The topological polar surface area (TPSA) is 52.5 Å². The second-order valence-corrected chi connectivity index (χ2v) is 5.06. The van der Waals surface area contributed by atoms with Crippen molar-refractivity contribution in [3.63, 3.8) is 0 Å². The van der Waals surface area contributed by atoms with Gasteiger partial charge in [0.2, 0.25) is 6.79 Å². The fourth-order valence-corrected chi connectivity index (χ4v) is 2.49. The minimum Gasteiger partial charge on any atom is -0.454 e. The first-order valence-electron chi connectivity index (χ1n) is 5.67. The monoisotopic (exact) mass is 322 g/mol. The van der Waals surface area contributed by atoms with Gasteiger partial charge in [-0.05, 0) is 34.1 Å². The third-order valence-corrected chi connectivity index (χ3v) is 3.28. The summed E-state index contributed by atoms with van der Waals surface area (Å²) in [5, 5.41) is 2.83. The summed E-state index contributed by atoms with van der Waals surface area (Å²) in [6, 6.07) is 7.15. The Balaban J connectivity index is 1.88. The average molecular weight is 323 g/mol. The van der Waals surface area contributed by atoms with Crippen LogP contribution in [0.5, 0.6) is 11.5 Å². The van der Waals surface area contributed by atoms with Crippen LogP contribution in [0.3, 0.4) is 0 Å². The molecule has 1 aromatic carbocycles. The third-order valence-electron chi connectivity index (χ3n) is 2.85. The number of ether oxygens (including phenoxy) is 2. The standard InChI is InChI=1S/C13H11BrN2O3/c1-16-6-8(14)5-10(16)13(17)15-9-3-2-4-11-12(9)19-7-18-11/h2-6H,7H2,1H3,(H,15,17). The molecular weight excluding hydrogens is 312 g/mol. The molecule has 0 fully saturated rings. The first kappa shape index (κ1) is 12.1. The van der Waals surface area contributed by atoms with Gasteiger partial charge in [0.15, 0.2) is 11.5 Å². The Labute approximate surface area is 118 Å². The van der Waals surface area contributed by atoms with Crippen LogP contribution in [0.25, 0.3) is 0 Å². The second kappa shape index (κ2) is 4.62. The molecule has 0 unspecified atom stereocenters. The molecule has 1 aromatic heterocycles. The highest BCUT2D eigenvalue weighted by Gasteiger charge is 2.20. The normalized spacial score (nSPS) is 12.5. The van der Waals surface area contributed by atoms with Crippen molar-refractivity contribution >= 4 is 27.5 Å². The van der Waals surface area contributed by atoms with Crippen molar-refractivity contribution in [1.29, 1.82) is 0 Å². The maximum Gasteiger partial charge on any atom is 0.272 e. The number of nitrogens with one attached hydrogen (secondary N) is 1. The van der Waals surface area contributed by atoms with Gasteiger partial charge in [0.25, 0.3) is 5.91 Å². The maximum atomic E-state index is 12.2. The molecule has 3 rings (SSSR count). The lowest BCUT2D eigenvalue weighted by atomic mass is 10.2. The van der Waals surface area contributed by atoms with E-state index in [0.29, 0.717) is 22.9 Å². The van der Waals surface area contributed by atoms with Crippen molar-refractivity contribution in [3.8, 4) is 11.5 Å². The summed E-state index contributed by atoms with van der Waals surface area (Å²) >= 11 is 3.34. The van der Waals surface area contributed by atoms with Gasteiger partial charge in [-0.15, -0.1) is 0 Å². The number of aryl methyl sites for hydroxylation is 1. The molecule has 1 N–H and O–H groups in total. The molecule has 0 saturated carbocycles. The summed E-state index contributed by atoms with van der Waals surface area (Å²) < 4.78 is 13.2. The number of para-hydroxylation sites is 1. The number of halogens is 1. The number of fused-ring (bicyclic) bond motifs is 1. The van der Waals surface area contributed by atoms with Crippen LogP contribution in [0, 0.1) is 0 Å². The van der Waals surface area contributed by atoms with E-state index in [2.05, 4.69) is 21.2 Å². The van der Waals surface area contributed by atoms with Gasteiger partial charge in [-0.25, -0.2) is 0 Å². The summed E-state index contributed by atoms with van der Waals surface area (Å²) in [5.41, 5.74) is 1.17. The summed E-state index contributed by atoms with van der Waals surface area (Å²) in [7, 11) is 1.81. The molecule has 2 heterocycles. The number of carbonyl (C=O) groups excluding carboxylic acids is 1. The van der Waals surface area contributed by atoms with E-state index in [4.69, 9.17) is 9.47 Å². The molecule has 1 aliphatic heterocycles. The van der Waals surface area contributed by atoms with Crippen LogP contribution in [-0.4, -0.2) is 17.3 Å². The molecule has 98 valence electrons. The average Bonchev–Trinajstić information content (AvgIpc) is 2.96. The molecular formula is C13H11BrN2O3. The molecule has 2 aromatic rings. The highest BCUT2D eigenvalue weighted by Crippen LogP contribution is 2.38. The number of anilines is 1. The molecule has 0 aliphatic carbocycles. The van der Waals surface area contributed by atoms with Gasteiger partial charge >= 0.3 is 0 Å². The lowest BCUT2D eigenvalue weighted by molar-refractivity contribution is 0.101. The minimum atomic E-state index is -0.197. The van der Waals surface area contributed by atoms with Crippen LogP contribution in [0.2, 0.25) is 0 Å². The number of hydrogen-bond acceptors (Lipinski definition) is 3. The molecule has 1 aliphatic rings. The van der Waals surface area contributed by atoms with Gasteiger partial charge in [-0.1, -0.05) is 6.07 Å². The first-order valence-corrected chi connectivity index (χ1v) is 6.46. The van der Waals surface area contributed by atoms with Crippen molar-refractivity contribution in [2.24, 2.45) is 7.05 Å². The lowest BCUT2D eigenvalue weighted by Crippen LogP contribution is -2.15. The van der Waals surface area contributed by atoms with Crippen molar-refractivity contribution in [3.05, 3.63) is 40.6 Å². The van der Waals surface area contributed by atoms with E-state index >= 15 is 0 Å². The number of hydrogen-bond donors (Lipinski definition) is 1. The van der Waals surface area contributed by atoms with Crippen LogP contribution in [0.4, 0.5) is 5.69 Å². The molecule has 0 atom stereocenters. The number of rotatable bonds is 2. The highest BCUT2D eigenvalue weighted by molar-refractivity contribution is 9.10. The number of benzene rings is 1. The number of carbonyl (C=O) groups is 1. The van der Waals surface area contributed by atoms with Crippen molar-refractivity contribution in [2.45, 2.75) is 0 Å². The van der Waals surface area contributed by atoms with Crippen LogP contribution >= 0.6 is 15.9 Å². The van der Waals surface area contributed by atoms with Crippen molar-refractivity contribution in [1.82, 2.24) is 4.57 Å². The number of nitrogens with zero attached hydrogens (tertiary/aromatic N) is 1. The molecule has 5 nitrogen and oxygen atoms in total. The van der Waals surface area contributed by atoms with Gasteiger partial charge < -0.3 is 19.4 Å². The van der Waals surface area contributed by atoms with E-state index in [-0.39, 0.29) is 12.7 Å². The van der Waals surface area contributed by atoms with Crippen LogP contribution < -0.4 is 14.8 Å². The molecule has 0 bridgehead atoms. The lowest BCUT2D eigenvalue weighted by Gasteiger charge is -2.08.